The van der Waals surface area contributed by atoms with Crippen LogP contribution in [0.15, 0.2) is 12.2 Å². The Labute approximate surface area is 44.7 Å². The second kappa shape index (κ2) is 3.88. The van der Waals surface area contributed by atoms with E-state index in [1.807, 2.05) is 6.92 Å². The Morgan fingerprint density at radius 1 is 1.71 bits per heavy atom. The smallest absolute Gasteiger partial charge is 0.0434 e. The summed E-state index contributed by atoms with van der Waals surface area (Å²) in [5.74, 6) is 0. The van der Waals surface area contributed by atoms with Gasteiger partial charge >= 0.3 is 0 Å². The molecule has 0 aromatic carbocycles. The maximum absolute atomic E-state index is 8.27. The Balaban J connectivity index is 2.82. The molecule has 1 nitrogen and oxygen atoms in total. The van der Waals surface area contributed by atoms with Crippen molar-refractivity contribution >= 4 is 0 Å². The molecular formula is C6H12O. The van der Waals surface area contributed by atoms with E-state index < -0.39 is 0 Å². The summed E-state index contributed by atoms with van der Waals surface area (Å²) in [5.41, 5.74) is 1.15. The van der Waals surface area contributed by atoms with Crippen LogP contribution in [0.1, 0.15) is 19.8 Å². The first-order valence-electron chi connectivity index (χ1n) is 2.52. The van der Waals surface area contributed by atoms with Gasteiger partial charge in [-0.3, -0.25) is 0 Å². The van der Waals surface area contributed by atoms with Crippen molar-refractivity contribution in [2.24, 2.45) is 0 Å². The fourth-order valence-electron chi connectivity index (χ4n) is 0.381. The van der Waals surface area contributed by atoms with E-state index in [9.17, 15) is 0 Å². The zero-order valence-corrected chi connectivity index (χ0v) is 4.78. The number of hydrogen-bond acceptors (Lipinski definition) is 1. The lowest BCUT2D eigenvalue weighted by Crippen LogP contribution is -1.81. The first kappa shape index (κ1) is 6.70. The van der Waals surface area contributed by atoms with Gasteiger partial charge in [0, 0.05) is 6.61 Å². The van der Waals surface area contributed by atoms with E-state index in [-0.39, 0.29) is 6.61 Å². The molecule has 0 amide bonds. The lowest BCUT2D eigenvalue weighted by atomic mass is 10.2. The molecule has 42 valence electrons. The summed E-state index contributed by atoms with van der Waals surface area (Å²) in [5, 5.41) is 8.27. The van der Waals surface area contributed by atoms with Crippen LogP contribution < -0.4 is 0 Å². The zero-order valence-electron chi connectivity index (χ0n) is 4.78. The van der Waals surface area contributed by atoms with Crippen molar-refractivity contribution in [3.05, 3.63) is 12.2 Å². The molecule has 7 heavy (non-hydrogen) atoms. The summed E-state index contributed by atoms with van der Waals surface area (Å²) >= 11 is 0. The second-order valence-corrected chi connectivity index (χ2v) is 1.78. The van der Waals surface area contributed by atoms with Gasteiger partial charge in [0.25, 0.3) is 0 Å². The van der Waals surface area contributed by atoms with Gasteiger partial charge in [-0.25, -0.2) is 0 Å². The Morgan fingerprint density at radius 3 is 2.43 bits per heavy atom. The molecule has 0 unspecified atom stereocenters. The van der Waals surface area contributed by atoms with Crippen LogP contribution >= 0.6 is 0 Å². The van der Waals surface area contributed by atoms with Gasteiger partial charge in [-0.1, -0.05) is 5.57 Å². The van der Waals surface area contributed by atoms with E-state index in [0.29, 0.717) is 0 Å². The number of hydrogen-bond donors (Lipinski definition) is 1. The van der Waals surface area contributed by atoms with Gasteiger partial charge in [0.2, 0.25) is 0 Å². The summed E-state index contributed by atoms with van der Waals surface area (Å²) in [4.78, 5) is 0. The van der Waals surface area contributed by atoms with E-state index >= 15 is 0 Å². The van der Waals surface area contributed by atoms with Crippen molar-refractivity contribution in [2.45, 2.75) is 19.8 Å². The second-order valence-electron chi connectivity index (χ2n) is 1.78. The topological polar surface area (TPSA) is 20.2 Å². The Morgan fingerprint density at radius 2 is 2.29 bits per heavy atom. The van der Waals surface area contributed by atoms with Crippen molar-refractivity contribution in [1.82, 2.24) is 0 Å². The molecule has 0 fully saturated rings. The predicted octanol–water partition coefficient (Wildman–Crippen LogP) is 1.33. The highest BCUT2D eigenvalue weighted by molar-refractivity contribution is 4.86. The quantitative estimate of drug-likeness (QED) is 0.530. The minimum Gasteiger partial charge on any atom is -0.396 e. The van der Waals surface area contributed by atoms with Gasteiger partial charge in [-0.15, -0.1) is 6.58 Å². The van der Waals surface area contributed by atoms with E-state index in [1.165, 1.54) is 0 Å². The molecule has 0 rings (SSSR count). The van der Waals surface area contributed by atoms with Crippen LogP contribution in [0.2, 0.25) is 0 Å². The van der Waals surface area contributed by atoms with Crippen LogP contribution in [0.4, 0.5) is 0 Å². The molecule has 0 aromatic heterocycles. The first-order chi connectivity index (χ1) is 3.27. The molecule has 0 spiro atoms. The zero-order chi connectivity index (χ0) is 5.70. The number of rotatable bonds is 3. The van der Waals surface area contributed by atoms with Crippen LogP contribution in [0.3, 0.4) is 0 Å². The summed E-state index contributed by atoms with van der Waals surface area (Å²) in [6, 6.07) is 0. The number of aliphatic hydroxyl groups is 1. The Hall–Kier alpha value is -0.300. The highest BCUT2D eigenvalue weighted by Crippen LogP contribution is 1.97. The van der Waals surface area contributed by atoms with Crippen molar-refractivity contribution < 1.29 is 5.11 Å². The minimum absolute atomic E-state index is 0.285. The molecular weight excluding hydrogens is 88.1 g/mol. The predicted molar refractivity (Wildman–Crippen MR) is 31.1 cm³/mol. The van der Waals surface area contributed by atoms with Gasteiger partial charge in [-0.2, -0.15) is 0 Å². The lowest BCUT2D eigenvalue weighted by Gasteiger charge is -1.91. The number of allylic oxidation sites excluding steroid dienone is 1. The van der Waals surface area contributed by atoms with E-state index in [2.05, 4.69) is 6.58 Å². The molecule has 0 saturated heterocycles. The molecule has 0 aliphatic heterocycles. The third-order valence-electron chi connectivity index (χ3n) is 0.762. The molecule has 0 aliphatic carbocycles. The summed E-state index contributed by atoms with van der Waals surface area (Å²) < 4.78 is 0. The average Bonchev–Trinajstić information content (AvgIpc) is 1.61. The molecule has 0 bridgehead atoms. The minimum atomic E-state index is 0.285. The van der Waals surface area contributed by atoms with Crippen LogP contribution in [0.5, 0.6) is 0 Å². The molecule has 0 radical (unpaired) electrons. The SMILES string of the molecule is C=C(C)CCCO. The van der Waals surface area contributed by atoms with Crippen LogP contribution in [-0.4, -0.2) is 11.7 Å². The largest absolute Gasteiger partial charge is 0.396 e. The fourth-order valence-corrected chi connectivity index (χ4v) is 0.381. The van der Waals surface area contributed by atoms with Gasteiger partial charge < -0.3 is 5.11 Å². The van der Waals surface area contributed by atoms with Crippen molar-refractivity contribution in [3.8, 4) is 0 Å². The third kappa shape index (κ3) is 5.70. The monoisotopic (exact) mass is 100 g/mol. The standard InChI is InChI=1S/C6H12O/c1-6(2)4-3-5-7/h7H,1,3-5H2,2H3. The molecule has 1 heteroatoms. The Kier molecular flexibility index (Phi) is 3.71. The van der Waals surface area contributed by atoms with Crippen LogP contribution in [-0.2, 0) is 0 Å². The molecule has 0 aliphatic rings. The number of aliphatic hydroxyl groups excluding tert-OH is 1. The summed E-state index contributed by atoms with van der Waals surface area (Å²) in [6.07, 6.45) is 1.81. The summed E-state index contributed by atoms with van der Waals surface area (Å²) in [7, 11) is 0. The van der Waals surface area contributed by atoms with E-state index in [1.54, 1.807) is 0 Å². The third-order valence-corrected chi connectivity index (χ3v) is 0.762. The maximum Gasteiger partial charge on any atom is 0.0434 e. The van der Waals surface area contributed by atoms with Crippen molar-refractivity contribution in [1.29, 1.82) is 0 Å². The highest BCUT2D eigenvalue weighted by atomic mass is 16.2. The summed E-state index contributed by atoms with van der Waals surface area (Å²) in [6.45, 7) is 5.93. The molecule has 0 atom stereocenters. The van der Waals surface area contributed by atoms with Crippen molar-refractivity contribution in [3.63, 3.8) is 0 Å². The van der Waals surface area contributed by atoms with Gasteiger partial charge in [-0.05, 0) is 19.8 Å². The van der Waals surface area contributed by atoms with Crippen molar-refractivity contribution in [2.75, 3.05) is 6.61 Å². The maximum atomic E-state index is 8.27. The van der Waals surface area contributed by atoms with Gasteiger partial charge in [0.15, 0.2) is 0 Å². The fraction of sp³-hybridized carbons (Fsp3) is 0.667. The molecule has 0 saturated carbocycles. The van der Waals surface area contributed by atoms with E-state index in [0.717, 1.165) is 18.4 Å². The first-order valence-corrected chi connectivity index (χ1v) is 2.52. The highest BCUT2D eigenvalue weighted by Gasteiger charge is 1.82. The molecule has 0 aromatic rings. The van der Waals surface area contributed by atoms with Gasteiger partial charge in [0.1, 0.15) is 0 Å². The Bertz CT molecular complexity index is 57.2. The van der Waals surface area contributed by atoms with Crippen LogP contribution in [0.25, 0.3) is 0 Å². The molecule has 0 heterocycles. The normalized spacial score (nSPS) is 8.86. The van der Waals surface area contributed by atoms with Crippen LogP contribution in [0, 0.1) is 0 Å². The average molecular weight is 100 g/mol. The lowest BCUT2D eigenvalue weighted by molar-refractivity contribution is 0.288. The molecule has 1 N–H and O–H groups in total. The van der Waals surface area contributed by atoms with E-state index in [4.69, 9.17) is 5.11 Å². The van der Waals surface area contributed by atoms with Gasteiger partial charge in [0.05, 0.1) is 0 Å².